The maximum atomic E-state index is 11.1. The van der Waals surface area contributed by atoms with Crippen molar-refractivity contribution in [3.05, 3.63) is 38.2 Å². The zero-order chi connectivity index (χ0) is 15.4. The molecule has 4 nitrogen and oxygen atoms in total. The van der Waals surface area contributed by atoms with Crippen molar-refractivity contribution in [1.82, 2.24) is 0 Å². The lowest BCUT2D eigenvalue weighted by atomic mass is 10.0. The number of methoxy groups -OCH3 is 1. The monoisotopic (exact) mass is 349 g/mol. The molecule has 0 saturated heterocycles. The van der Waals surface area contributed by atoms with Crippen molar-refractivity contribution in [2.45, 2.75) is 18.9 Å². The van der Waals surface area contributed by atoms with Gasteiger partial charge in [-0.15, -0.1) is 0 Å². The first kappa shape index (κ1) is 16.4. The molecule has 0 N–H and O–H groups in total. The standard InChI is InChI=1S/C14H14Cl3NO3/c1-20-14-10(13(18-19)8-2-3-8)6-9(7-11(14)15)21-5-4-12(16)17/h4,6-8,13H,2-3,5H2,1H3. The quantitative estimate of drug-likeness (QED) is 0.630. The first-order chi connectivity index (χ1) is 10.1. The van der Waals surface area contributed by atoms with Gasteiger partial charge in [0, 0.05) is 11.6 Å². The lowest BCUT2D eigenvalue weighted by Crippen LogP contribution is -2.03. The Morgan fingerprint density at radius 2 is 2.19 bits per heavy atom. The van der Waals surface area contributed by atoms with Crippen LogP contribution in [0.15, 0.2) is 27.9 Å². The van der Waals surface area contributed by atoms with Crippen LogP contribution < -0.4 is 9.47 Å². The summed E-state index contributed by atoms with van der Waals surface area (Å²) in [5.41, 5.74) is 0.651. The summed E-state index contributed by atoms with van der Waals surface area (Å²) in [7, 11) is 1.51. The van der Waals surface area contributed by atoms with Crippen molar-refractivity contribution in [3.63, 3.8) is 0 Å². The lowest BCUT2D eigenvalue weighted by Gasteiger charge is -2.16. The van der Waals surface area contributed by atoms with Gasteiger partial charge in [0.15, 0.2) is 0 Å². The number of benzene rings is 1. The predicted octanol–water partition coefficient (Wildman–Crippen LogP) is 5.26. The predicted molar refractivity (Wildman–Crippen MR) is 84.5 cm³/mol. The SMILES string of the molecule is COc1c(Cl)cc(OCC=C(Cl)Cl)cc1C(N=O)C1CC1. The van der Waals surface area contributed by atoms with Gasteiger partial charge in [0.2, 0.25) is 0 Å². The highest BCUT2D eigenvalue weighted by atomic mass is 35.5. The number of nitrogens with zero attached hydrogens (tertiary/aromatic N) is 1. The zero-order valence-electron chi connectivity index (χ0n) is 11.3. The maximum absolute atomic E-state index is 11.1. The molecule has 1 aliphatic carbocycles. The molecular formula is C14H14Cl3NO3. The van der Waals surface area contributed by atoms with Gasteiger partial charge in [-0.1, -0.05) is 40.0 Å². The van der Waals surface area contributed by atoms with Gasteiger partial charge >= 0.3 is 0 Å². The number of nitroso groups, excluding NO2 is 1. The number of halogens is 3. The Labute approximate surface area is 137 Å². The van der Waals surface area contributed by atoms with E-state index in [4.69, 9.17) is 44.3 Å². The van der Waals surface area contributed by atoms with Crippen LogP contribution >= 0.6 is 34.8 Å². The van der Waals surface area contributed by atoms with E-state index in [0.717, 1.165) is 12.8 Å². The van der Waals surface area contributed by atoms with Crippen LogP contribution in [-0.4, -0.2) is 13.7 Å². The van der Waals surface area contributed by atoms with E-state index in [2.05, 4.69) is 5.18 Å². The van der Waals surface area contributed by atoms with Crippen LogP contribution in [0, 0.1) is 10.8 Å². The molecule has 21 heavy (non-hydrogen) atoms. The molecule has 0 bridgehead atoms. The first-order valence-electron chi connectivity index (χ1n) is 6.40. The lowest BCUT2D eigenvalue weighted by molar-refractivity contribution is 0.358. The Balaban J connectivity index is 2.29. The van der Waals surface area contributed by atoms with E-state index in [0.29, 0.717) is 22.1 Å². The van der Waals surface area contributed by atoms with Gasteiger partial charge in [0.25, 0.3) is 0 Å². The smallest absolute Gasteiger partial charge is 0.143 e. The van der Waals surface area contributed by atoms with Crippen LogP contribution in [0.1, 0.15) is 24.4 Å². The molecule has 0 radical (unpaired) electrons. The van der Waals surface area contributed by atoms with E-state index in [1.54, 1.807) is 12.1 Å². The van der Waals surface area contributed by atoms with Gasteiger partial charge in [0.1, 0.15) is 28.6 Å². The third-order valence-electron chi connectivity index (χ3n) is 3.24. The Morgan fingerprint density at radius 1 is 1.48 bits per heavy atom. The van der Waals surface area contributed by atoms with E-state index < -0.39 is 6.04 Å². The van der Waals surface area contributed by atoms with E-state index in [9.17, 15) is 4.91 Å². The molecule has 1 aromatic rings. The Bertz CT molecular complexity index is 555. The summed E-state index contributed by atoms with van der Waals surface area (Å²) in [5.74, 6) is 1.22. The molecule has 1 aromatic carbocycles. The van der Waals surface area contributed by atoms with Crippen LogP contribution in [0.2, 0.25) is 5.02 Å². The Morgan fingerprint density at radius 3 is 2.71 bits per heavy atom. The summed E-state index contributed by atoms with van der Waals surface area (Å²) in [6.07, 6.45) is 3.47. The number of rotatable bonds is 7. The molecule has 1 saturated carbocycles. The summed E-state index contributed by atoms with van der Waals surface area (Å²) < 4.78 is 10.9. The zero-order valence-corrected chi connectivity index (χ0v) is 13.6. The van der Waals surface area contributed by atoms with E-state index in [1.165, 1.54) is 13.2 Å². The summed E-state index contributed by atoms with van der Waals surface area (Å²) >= 11 is 17.2. The van der Waals surface area contributed by atoms with Gasteiger partial charge < -0.3 is 9.47 Å². The van der Waals surface area contributed by atoms with Crippen LogP contribution in [-0.2, 0) is 0 Å². The highest BCUT2D eigenvalue weighted by Crippen LogP contribution is 2.48. The van der Waals surface area contributed by atoms with Crippen molar-refractivity contribution >= 4 is 34.8 Å². The number of hydrogen-bond acceptors (Lipinski definition) is 4. The van der Waals surface area contributed by atoms with E-state index >= 15 is 0 Å². The summed E-state index contributed by atoms with van der Waals surface area (Å²) in [6, 6.07) is 2.88. The normalized spacial score (nSPS) is 15.2. The van der Waals surface area contributed by atoms with Crippen LogP contribution in [0.5, 0.6) is 11.5 Å². The minimum absolute atomic E-state index is 0.125. The van der Waals surface area contributed by atoms with Crippen LogP contribution in [0.25, 0.3) is 0 Å². The molecule has 0 aliphatic heterocycles. The third kappa shape index (κ3) is 4.25. The minimum Gasteiger partial charge on any atom is -0.495 e. The molecule has 114 valence electrons. The Kier molecular flexibility index (Phi) is 5.73. The van der Waals surface area contributed by atoms with Crippen molar-refractivity contribution in [2.24, 2.45) is 11.1 Å². The second-order valence-corrected chi connectivity index (χ2v) is 6.14. The van der Waals surface area contributed by atoms with Crippen LogP contribution in [0.4, 0.5) is 0 Å². The number of hydrogen-bond donors (Lipinski definition) is 0. The van der Waals surface area contributed by atoms with Gasteiger partial charge in [-0.25, -0.2) is 0 Å². The highest BCUT2D eigenvalue weighted by Gasteiger charge is 2.36. The fourth-order valence-corrected chi connectivity index (χ4v) is 2.54. The topological polar surface area (TPSA) is 47.9 Å². The average molecular weight is 351 g/mol. The number of ether oxygens (including phenoxy) is 2. The molecule has 0 amide bonds. The fraction of sp³-hybridized carbons (Fsp3) is 0.429. The summed E-state index contributed by atoms with van der Waals surface area (Å²) in [6.45, 7) is 0.201. The van der Waals surface area contributed by atoms with E-state index in [1.807, 2.05) is 0 Å². The van der Waals surface area contributed by atoms with Gasteiger partial charge in [-0.05, 0) is 30.9 Å². The molecule has 1 fully saturated rings. The van der Waals surface area contributed by atoms with E-state index in [-0.39, 0.29) is 17.0 Å². The average Bonchev–Trinajstić information content (AvgIpc) is 3.24. The molecular weight excluding hydrogens is 337 g/mol. The minimum atomic E-state index is -0.465. The second-order valence-electron chi connectivity index (χ2n) is 4.72. The molecule has 2 rings (SSSR count). The molecule has 7 heteroatoms. The largest absolute Gasteiger partial charge is 0.495 e. The first-order valence-corrected chi connectivity index (χ1v) is 7.54. The second kappa shape index (κ2) is 7.34. The highest BCUT2D eigenvalue weighted by molar-refractivity contribution is 6.55. The third-order valence-corrected chi connectivity index (χ3v) is 3.83. The van der Waals surface area contributed by atoms with Crippen molar-refractivity contribution in [2.75, 3.05) is 13.7 Å². The molecule has 0 aromatic heterocycles. The summed E-state index contributed by atoms with van der Waals surface area (Å²) in [5, 5.41) is 3.60. The van der Waals surface area contributed by atoms with Gasteiger partial charge in [-0.3, -0.25) is 0 Å². The Hall–Kier alpha value is -0.970. The fourth-order valence-electron chi connectivity index (χ4n) is 2.12. The molecule has 0 spiro atoms. The van der Waals surface area contributed by atoms with Gasteiger partial charge in [0.05, 0.1) is 12.1 Å². The molecule has 0 heterocycles. The molecule has 1 unspecified atom stereocenters. The van der Waals surface area contributed by atoms with Crippen LogP contribution in [0.3, 0.4) is 0 Å². The summed E-state index contributed by atoms with van der Waals surface area (Å²) in [4.78, 5) is 11.1. The maximum Gasteiger partial charge on any atom is 0.143 e. The van der Waals surface area contributed by atoms with Crippen molar-refractivity contribution in [3.8, 4) is 11.5 Å². The van der Waals surface area contributed by atoms with Crippen molar-refractivity contribution < 1.29 is 9.47 Å². The molecule has 1 atom stereocenters. The van der Waals surface area contributed by atoms with Gasteiger partial charge in [-0.2, -0.15) is 4.91 Å². The van der Waals surface area contributed by atoms with Crippen molar-refractivity contribution in [1.29, 1.82) is 0 Å². The molecule has 1 aliphatic rings.